The molecule has 0 spiro atoms. The summed E-state index contributed by atoms with van der Waals surface area (Å²) in [6, 6.07) is 0.258. The van der Waals surface area contributed by atoms with E-state index < -0.39 is 0 Å². The second kappa shape index (κ2) is 6.68. The molecule has 2 N–H and O–H groups in total. The molecule has 1 aromatic rings. The van der Waals surface area contributed by atoms with Crippen molar-refractivity contribution >= 4 is 5.91 Å². The predicted octanol–water partition coefficient (Wildman–Crippen LogP) is 0.791. The molecule has 1 aromatic heterocycles. The molecule has 0 aliphatic carbocycles. The number of hydrogen-bond acceptors (Lipinski definition) is 5. The average molecular weight is 269 g/mol. The number of likely N-dealkylation sites (N-methyl/N-ethyl adjacent to an activating group) is 1. The topological polar surface area (TPSA) is 78.6 Å². The van der Waals surface area contributed by atoms with Crippen LogP contribution in [0.1, 0.15) is 35.7 Å². The van der Waals surface area contributed by atoms with E-state index in [-0.39, 0.29) is 24.2 Å². The molecule has 0 bridgehead atoms. The Hall–Kier alpha value is -1.40. The third kappa shape index (κ3) is 3.78. The number of carbonyl (C=O) groups is 1. The summed E-state index contributed by atoms with van der Waals surface area (Å²) >= 11 is 0. The number of carbonyl (C=O) groups excluding carboxylic acids is 1. The van der Waals surface area contributed by atoms with Crippen LogP contribution in [0.15, 0.2) is 4.52 Å². The Balaban J connectivity index is 2.67. The first-order valence-corrected chi connectivity index (χ1v) is 6.39. The van der Waals surface area contributed by atoms with Gasteiger partial charge in [-0.25, -0.2) is 0 Å². The van der Waals surface area contributed by atoms with E-state index in [9.17, 15) is 4.79 Å². The van der Waals surface area contributed by atoms with Crippen molar-refractivity contribution < 1.29 is 14.4 Å². The van der Waals surface area contributed by atoms with E-state index >= 15 is 0 Å². The summed E-state index contributed by atoms with van der Waals surface area (Å²) in [6.07, 6.45) is 0. The third-order valence-corrected chi connectivity index (χ3v) is 3.28. The molecule has 1 atom stereocenters. The summed E-state index contributed by atoms with van der Waals surface area (Å²) in [6.45, 7) is 6.23. The van der Waals surface area contributed by atoms with Gasteiger partial charge in [-0.3, -0.25) is 4.79 Å². The second-order valence-electron chi connectivity index (χ2n) is 5.22. The molecule has 0 aromatic carbocycles. The van der Waals surface area contributed by atoms with Crippen LogP contribution < -0.4 is 5.32 Å². The minimum Gasteiger partial charge on any atom is -0.388 e. The maximum Gasteiger partial charge on any atom is 0.273 e. The van der Waals surface area contributed by atoms with Crippen molar-refractivity contribution in [3.05, 3.63) is 17.0 Å². The summed E-state index contributed by atoms with van der Waals surface area (Å²) in [5, 5.41) is 15.6. The van der Waals surface area contributed by atoms with Gasteiger partial charge in [0.15, 0.2) is 11.5 Å². The summed E-state index contributed by atoms with van der Waals surface area (Å²) in [4.78, 5) is 14.1. The van der Waals surface area contributed by atoms with Crippen molar-refractivity contribution in [2.45, 2.75) is 33.4 Å². The molecule has 1 amide bonds. The molecule has 0 saturated heterocycles. The quantitative estimate of drug-likeness (QED) is 0.798. The molecule has 1 heterocycles. The smallest absolute Gasteiger partial charge is 0.273 e. The van der Waals surface area contributed by atoms with Gasteiger partial charge in [0.1, 0.15) is 6.61 Å². The van der Waals surface area contributed by atoms with Crippen LogP contribution in [-0.4, -0.2) is 47.8 Å². The highest BCUT2D eigenvalue weighted by Gasteiger charge is 2.21. The van der Waals surface area contributed by atoms with Crippen molar-refractivity contribution in [3.63, 3.8) is 0 Å². The lowest BCUT2D eigenvalue weighted by atomic mass is 10.0. The fourth-order valence-electron chi connectivity index (χ4n) is 2.02. The van der Waals surface area contributed by atoms with E-state index in [4.69, 9.17) is 9.63 Å². The highest BCUT2D eigenvalue weighted by atomic mass is 16.5. The molecule has 6 heteroatoms. The van der Waals surface area contributed by atoms with E-state index in [1.54, 1.807) is 6.92 Å². The van der Waals surface area contributed by atoms with Crippen molar-refractivity contribution in [1.29, 1.82) is 0 Å². The first-order valence-electron chi connectivity index (χ1n) is 6.39. The normalized spacial score (nSPS) is 13.1. The largest absolute Gasteiger partial charge is 0.388 e. The zero-order valence-corrected chi connectivity index (χ0v) is 12.2. The molecule has 0 fully saturated rings. The maximum absolute atomic E-state index is 12.0. The van der Waals surface area contributed by atoms with Crippen LogP contribution in [0.5, 0.6) is 0 Å². The van der Waals surface area contributed by atoms with Gasteiger partial charge in [0.2, 0.25) is 0 Å². The molecule has 1 rings (SSSR count). The Morgan fingerprint density at radius 2 is 2.11 bits per heavy atom. The fraction of sp³-hybridized carbons (Fsp3) is 0.692. The summed E-state index contributed by atoms with van der Waals surface area (Å²) in [7, 11) is 3.98. The average Bonchev–Trinajstić information content (AvgIpc) is 2.69. The summed E-state index contributed by atoms with van der Waals surface area (Å²) in [5.41, 5.74) is 0.830. The number of aromatic nitrogens is 1. The van der Waals surface area contributed by atoms with Crippen molar-refractivity contribution in [3.8, 4) is 0 Å². The molecule has 19 heavy (non-hydrogen) atoms. The van der Waals surface area contributed by atoms with Gasteiger partial charge in [0.05, 0.1) is 0 Å². The van der Waals surface area contributed by atoms with Gasteiger partial charge in [-0.2, -0.15) is 0 Å². The minimum atomic E-state index is -0.270. The van der Waals surface area contributed by atoms with Crippen LogP contribution in [0.4, 0.5) is 0 Å². The van der Waals surface area contributed by atoms with Gasteiger partial charge in [0, 0.05) is 18.2 Å². The number of aliphatic hydroxyl groups excluding tert-OH is 1. The molecule has 1 unspecified atom stereocenters. The van der Waals surface area contributed by atoms with E-state index in [0.717, 1.165) is 0 Å². The molecule has 0 aliphatic heterocycles. The van der Waals surface area contributed by atoms with Crippen molar-refractivity contribution in [2.24, 2.45) is 5.92 Å². The number of hydrogen-bond donors (Lipinski definition) is 2. The zero-order valence-electron chi connectivity index (χ0n) is 12.2. The lowest BCUT2D eigenvalue weighted by Crippen LogP contribution is -2.43. The van der Waals surface area contributed by atoms with Gasteiger partial charge >= 0.3 is 0 Å². The number of amides is 1. The molecule has 6 nitrogen and oxygen atoms in total. The summed E-state index contributed by atoms with van der Waals surface area (Å²) in [5.74, 6) is 0.494. The second-order valence-corrected chi connectivity index (χ2v) is 5.22. The van der Waals surface area contributed by atoms with Gasteiger partial charge in [-0.15, -0.1) is 0 Å². The van der Waals surface area contributed by atoms with Gasteiger partial charge < -0.3 is 19.8 Å². The third-order valence-electron chi connectivity index (χ3n) is 3.28. The number of nitrogens with zero attached hydrogens (tertiary/aromatic N) is 2. The predicted molar refractivity (Wildman–Crippen MR) is 71.8 cm³/mol. The van der Waals surface area contributed by atoms with Crippen LogP contribution >= 0.6 is 0 Å². The Kier molecular flexibility index (Phi) is 5.50. The molecular formula is C13H23N3O3. The number of rotatable bonds is 6. The van der Waals surface area contributed by atoms with E-state index in [1.165, 1.54) is 0 Å². The van der Waals surface area contributed by atoms with Crippen LogP contribution in [0.25, 0.3) is 0 Å². The van der Waals surface area contributed by atoms with Gasteiger partial charge in [0.25, 0.3) is 5.91 Å². The Bertz CT molecular complexity index is 419. The Morgan fingerprint density at radius 3 is 2.53 bits per heavy atom. The lowest BCUT2D eigenvalue weighted by molar-refractivity contribution is 0.0924. The Labute approximate surface area is 113 Å². The molecule has 108 valence electrons. The first-order chi connectivity index (χ1) is 8.88. The molecular weight excluding hydrogens is 246 g/mol. The van der Waals surface area contributed by atoms with Crippen molar-refractivity contribution in [2.75, 3.05) is 20.6 Å². The maximum atomic E-state index is 12.0. The van der Waals surface area contributed by atoms with Crippen LogP contribution in [0.3, 0.4) is 0 Å². The van der Waals surface area contributed by atoms with E-state index in [1.807, 2.05) is 14.1 Å². The van der Waals surface area contributed by atoms with Crippen molar-refractivity contribution in [1.82, 2.24) is 15.4 Å². The van der Waals surface area contributed by atoms with E-state index in [2.05, 4.69) is 29.2 Å². The standard InChI is InChI=1S/C13H23N3O3/c1-8(2)10(16(4)5)6-14-13(18)12-9(3)11(7-17)19-15-12/h8,10,17H,6-7H2,1-5H3,(H,14,18). The molecule has 0 radical (unpaired) electrons. The number of aliphatic hydroxyl groups is 1. The molecule has 0 saturated carbocycles. The van der Waals surface area contributed by atoms with E-state index in [0.29, 0.717) is 23.8 Å². The first kappa shape index (κ1) is 15.7. The summed E-state index contributed by atoms with van der Waals surface area (Å²) < 4.78 is 4.90. The Morgan fingerprint density at radius 1 is 1.47 bits per heavy atom. The van der Waals surface area contributed by atoms with Crippen LogP contribution in [-0.2, 0) is 6.61 Å². The fourth-order valence-corrected chi connectivity index (χ4v) is 2.02. The minimum absolute atomic E-state index is 0.241. The van der Waals surface area contributed by atoms with Crippen LogP contribution in [0.2, 0.25) is 0 Å². The molecule has 0 aliphatic rings. The SMILES string of the molecule is Cc1c(C(=O)NCC(C(C)C)N(C)C)noc1CO. The zero-order chi connectivity index (χ0) is 14.6. The van der Waals surface area contributed by atoms with Gasteiger partial charge in [-0.1, -0.05) is 19.0 Å². The number of nitrogens with one attached hydrogen (secondary N) is 1. The highest BCUT2D eigenvalue weighted by Crippen LogP contribution is 2.13. The van der Waals surface area contributed by atoms with Crippen LogP contribution in [0, 0.1) is 12.8 Å². The lowest BCUT2D eigenvalue weighted by Gasteiger charge is -2.27. The monoisotopic (exact) mass is 269 g/mol. The van der Waals surface area contributed by atoms with Gasteiger partial charge in [-0.05, 0) is 26.9 Å². The highest BCUT2D eigenvalue weighted by molar-refractivity contribution is 5.93.